The van der Waals surface area contributed by atoms with E-state index < -0.39 is 0 Å². The van der Waals surface area contributed by atoms with Crippen LogP contribution in [0.1, 0.15) is 24.1 Å². The van der Waals surface area contributed by atoms with E-state index in [1.807, 2.05) is 12.1 Å². The van der Waals surface area contributed by atoms with E-state index in [0.717, 1.165) is 38.2 Å². The maximum absolute atomic E-state index is 7.40. The fourth-order valence-corrected chi connectivity index (χ4v) is 2.26. The highest BCUT2D eigenvalue weighted by atomic mass is 16.5. The van der Waals surface area contributed by atoms with Crippen LogP contribution in [0.3, 0.4) is 0 Å². The Balaban J connectivity index is 1.99. The van der Waals surface area contributed by atoms with Gasteiger partial charge in [0, 0.05) is 32.0 Å². The first-order chi connectivity index (χ1) is 8.66. The summed E-state index contributed by atoms with van der Waals surface area (Å²) < 4.78 is 5.37. The molecule has 1 aliphatic heterocycles. The van der Waals surface area contributed by atoms with E-state index >= 15 is 0 Å². The Hall–Kier alpha value is -1.46. The molecule has 5 nitrogen and oxygen atoms in total. The summed E-state index contributed by atoms with van der Waals surface area (Å²) in [6.45, 7) is 2.56. The number of nitrogens with two attached hydrogens (primary N) is 1. The van der Waals surface area contributed by atoms with Crippen LogP contribution in [-0.2, 0) is 11.3 Å². The lowest BCUT2D eigenvalue weighted by molar-refractivity contribution is 0.0407. The van der Waals surface area contributed by atoms with Crippen molar-refractivity contribution in [2.24, 2.45) is 5.73 Å². The van der Waals surface area contributed by atoms with Gasteiger partial charge < -0.3 is 10.5 Å². The van der Waals surface area contributed by atoms with Gasteiger partial charge in [-0.1, -0.05) is 0 Å². The van der Waals surface area contributed by atoms with E-state index in [-0.39, 0.29) is 5.84 Å². The molecule has 0 aromatic carbocycles. The molecule has 3 N–H and O–H groups in total. The third-order valence-corrected chi connectivity index (χ3v) is 3.35. The number of nitrogens with one attached hydrogen (secondary N) is 1. The maximum atomic E-state index is 7.40. The number of amidine groups is 1. The monoisotopic (exact) mass is 248 g/mol. The molecule has 1 fully saturated rings. The van der Waals surface area contributed by atoms with Crippen LogP contribution in [0.5, 0.6) is 0 Å². The molecule has 5 heteroatoms. The number of pyridine rings is 1. The molecule has 0 spiro atoms. The third kappa shape index (κ3) is 3.27. The summed E-state index contributed by atoms with van der Waals surface area (Å²) in [6.07, 6.45) is 3.88. The minimum Gasteiger partial charge on any atom is -0.382 e. The molecule has 0 atom stereocenters. The van der Waals surface area contributed by atoms with Crippen LogP contribution < -0.4 is 5.73 Å². The van der Waals surface area contributed by atoms with Crippen LogP contribution >= 0.6 is 0 Å². The van der Waals surface area contributed by atoms with Crippen LogP contribution in [0.25, 0.3) is 0 Å². The Morgan fingerprint density at radius 1 is 1.56 bits per heavy atom. The van der Waals surface area contributed by atoms with Crippen LogP contribution in [0.4, 0.5) is 0 Å². The summed E-state index contributed by atoms with van der Waals surface area (Å²) >= 11 is 0. The van der Waals surface area contributed by atoms with Crippen LogP contribution in [-0.4, -0.2) is 42.0 Å². The van der Waals surface area contributed by atoms with E-state index in [4.69, 9.17) is 15.9 Å². The molecule has 0 unspecified atom stereocenters. The number of rotatable bonds is 4. The second-order valence-electron chi connectivity index (χ2n) is 4.72. The molecule has 18 heavy (non-hydrogen) atoms. The minimum absolute atomic E-state index is 0.0190. The average Bonchev–Trinajstić information content (AvgIpc) is 2.40. The summed E-state index contributed by atoms with van der Waals surface area (Å²) in [5.74, 6) is 0.0190. The molecule has 1 saturated heterocycles. The van der Waals surface area contributed by atoms with E-state index in [9.17, 15) is 0 Å². The molecule has 0 radical (unpaired) electrons. The van der Waals surface area contributed by atoms with Crippen molar-refractivity contribution < 1.29 is 4.74 Å². The van der Waals surface area contributed by atoms with Gasteiger partial charge in [-0.25, -0.2) is 0 Å². The Labute approximate surface area is 107 Å². The summed E-state index contributed by atoms with van der Waals surface area (Å²) in [6, 6.07) is 4.44. The molecule has 2 rings (SSSR count). The molecule has 1 aromatic heterocycles. The van der Waals surface area contributed by atoms with Crippen molar-refractivity contribution in [1.82, 2.24) is 9.88 Å². The minimum atomic E-state index is 0.0190. The summed E-state index contributed by atoms with van der Waals surface area (Å²) in [5, 5.41) is 7.40. The van der Waals surface area contributed by atoms with Crippen molar-refractivity contribution >= 4 is 5.84 Å². The predicted molar refractivity (Wildman–Crippen MR) is 70.6 cm³/mol. The number of hydrogen-bond donors (Lipinski definition) is 2. The normalized spacial score (nSPS) is 17.0. The second-order valence-corrected chi connectivity index (χ2v) is 4.72. The molecule has 1 aliphatic rings. The van der Waals surface area contributed by atoms with Crippen molar-refractivity contribution in [3.8, 4) is 0 Å². The summed E-state index contributed by atoms with van der Waals surface area (Å²) in [4.78, 5) is 6.41. The van der Waals surface area contributed by atoms with Gasteiger partial charge in [-0.15, -0.1) is 0 Å². The van der Waals surface area contributed by atoms with E-state index in [1.165, 1.54) is 0 Å². The lowest BCUT2D eigenvalue weighted by Gasteiger charge is -2.31. The number of nitrogen functional groups attached to an aromatic ring is 1. The van der Waals surface area contributed by atoms with Crippen LogP contribution in [0.15, 0.2) is 18.3 Å². The van der Waals surface area contributed by atoms with Crippen molar-refractivity contribution in [2.45, 2.75) is 25.4 Å². The third-order valence-electron chi connectivity index (χ3n) is 3.35. The van der Waals surface area contributed by atoms with Gasteiger partial charge in [-0.2, -0.15) is 0 Å². The van der Waals surface area contributed by atoms with Gasteiger partial charge in [0.1, 0.15) is 11.5 Å². The number of ether oxygens (including phenoxy) is 1. The summed E-state index contributed by atoms with van der Waals surface area (Å²) in [5.41, 5.74) is 7.14. The number of aromatic nitrogens is 1. The predicted octanol–water partition coefficient (Wildman–Crippen LogP) is 0.976. The first kappa shape index (κ1) is 13.0. The molecule has 98 valence electrons. The highest BCUT2D eigenvalue weighted by Crippen LogP contribution is 2.15. The van der Waals surface area contributed by atoms with Crippen LogP contribution in [0, 0.1) is 5.41 Å². The molecular formula is C13H20N4O. The SMILES string of the molecule is CN(Cc1ccnc(C(=N)N)c1)C1CCOCC1. The first-order valence-corrected chi connectivity index (χ1v) is 6.24. The lowest BCUT2D eigenvalue weighted by atomic mass is 10.1. The molecule has 0 amide bonds. The first-order valence-electron chi connectivity index (χ1n) is 6.24. The van der Waals surface area contributed by atoms with Gasteiger partial charge in [-0.3, -0.25) is 15.3 Å². The van der Waals surface area contributed by atoms with E-state index in [0.29, 0.717) is 11.7 Å². The fourth-order valence-electron chi connectivity index (χ4n) is 2.26. The Kier molecular flexibility index (Phi) is 4.28. The molecular weight excluding hydrogens is 228 g/mol. The smallest absolute Gasteiger partial charge is 0.141 e. The van der Waals surface area contributed by atoms with Crippen molar-refractivity contribution in [1.29, 1.82) is 5.41 Å². The van der Waals surface area contributed by atoms with Gasteiger partial charge in [0.05, 0.1) is 0 Å². The zero-order chi connectivity index (χ0) is 13.0. The van der Waals surface area contributed by atoms with Gasteiger partial charge in [0.2, 0.25) is 0 Å². The van der Waals surface area contributed by atoms with Gasteiger partial charge in [-0.05, 0) is 37.6 Å². The highest BCUT2D eigenvalue weighted by molar-refractivity contribution is 5.93. The fraction of sp³-hybridized carbons (Fsp3) is 0.538. The van der Waals surface area contributed by atoms with Gasteiger partial charge >= 0.3 is 0 Å². The van der Waals surface area contributed by atoms with Crippen molar-refractivity contribution in [3.63, 3.8) is 0 Å². The topological polar surface area (TPSA) is 75.2 Å². The molecule has 2 heterocycles. The maximum Gasteiger partial charge on any atom is 0.141 e. The Morgan fingerprint density at radius 2 is 2.28 bits per heavy atom. The number of hydrogen-bond acceptors (Lipinski definition) is 4. The molecule has 1 aromatic rings. The van der Waals surface area contributed by atoms with Gasteiger partial charge in [0.25, 0.3) is 0 Å². The van der Waals surface area contributed by atoms with Crippen LogP contribution in [0.2, 0.25) is 0 Å². The number of nitrogens with zero attached hydrogens (tertiary/aromatic N) is 2. The van der Waals surface area contributed by atoms with Crippen molar-refractivity contribution in [2.75, 3.05) is 20.3 Å². The average molecular weight is 248 g/mol. The molecule has 0 saturated carbocycles. The van der Waals surface area contributed by atoms with E-state index in [2.05, 4.69) is 16.9 Å². The Bertz CT molecular complexity index is 415. The highest BCUT2D eigenvalue weighted by Gasteiger charge is 2.18. The van der Waals surface area contributed by atoms with Crippen molar-refractivity contribution in [3.05, 3.63) is 29.6 Å². The Morgan fingerprint density at radius 3 is 2.94 bits per heavy atom. The molecule has 0 aliphatic carbocycles. The van der Waals surface area contributed by atoms with Gasteiger partial charge in [0.15, 0.2) is 0 Å². The molecule has 0 bridgehead atoms. The largest absolute Gasteiger partial charge is 0.382 e. The lowest BCUT2D eigenvalue weighted by Crippen LogP contribution is -2.36. The zero-order valence-corrected chi connectivity index (χ0v) is 10.7. The second kappa shape index (κ2) is 5.93. The standard InChI is InChI=1S/C13H20N4O/c1-17(11-3-6-18-7-4-11)9-10-2-5-16-12(8-10)13(14)15/h2,5,8,11H,3-4,6-7,9H2,1H3,(H3,14,15). The quantitative estimate of drug-likeness (QED) is 0.615. The zero-order valence-electron chi connectivity index (χ0n) is 10.7. The summed E-state index contributed by atoms with van der Waals surface area (Å²) in [7, 11) is 2.13. The van der Waals surface area contributed by atoms with E-state index in [1.54, 1.807) is 6.20 Å².